The van der Waals surface area contributed by atoms with Crippen molar-refractivity contribution in [2.75, 3.05) is 0 Å². The van der Waals surface area contributed by atoms with Crippen molar-refractivity contribution in [3.8, 4) is 0 Å². The van der Waals surface area contributed by atoms with Gasteiger partial charge in [0.1, 0.15) is 5.01 Å². The van der Waals surface area contributed by atoms with Gasteiger partial charge < -0.3 is 0 Å². The number of aromatic nitrogens is 3. The van der Waals surface area contributed by atoms with Crippen LogP contribution in [0.1, 0.15) is 16.3 Å². The van der Waals surface area contributed by atoms with Crippen LogP contribution in [0.15, 0.2) is 40.0 Å². The second kappa shape index (κ2) is 5.38. The van der Waals surface area contributed by atoms with Crippen molar-refractivity contribution in [1.29, 1.82) is 0 Å². The van der Waals surface area contributed by atoms with Crippen LogP contribution in [-0.4, -0.2) is 14.6 Å². The molecular weight excluding hydrogens is 290 g/mol. The van der Waals surface area contributed by atoms with Crippen LogP contribution in [0.5, 0.6) is 0 Å². The summed E-state index contributed by atoms with van der Waals surface area (Å²) in [6.45, 7) is 3.95. The van der Waals surface area contributed by atoms with Crippen LogP contribution in [0.2, 0.25) is 0 Å². The molecule has 0 aliphatic carbocycles. The predicted molar refractivity (Wildman–Crippen MR) is 82.6 cm³/mol. The molecule has 2 aromatic heterocycles. The minimum absolute atomic E-state index is 0.112. The fourth-order valence-corrected chi connectivity index (χ4v) is 3.56. The Balaban J connectivity index is 1.86. The molecule has 3 rings (SSSR count). The molecule has 4 nitrogen and oxygen atoms in total. The summed E-state index contributed by atoms with van der Waals surface area (Å²) in [5.74, 6) is 0.687. The standard InChI is InChI=1S/C14H13N3OS2/c1-9-4-3-5-12(6-9)19-8-11-7-13(18)17-14(15-11)20-10(2)16-17/h3-7H,8H2,1-2H3. The largest absolute Gasteiger partial charge is 0.275 e. The third kappa shape index (κ3) is 2.76. The molecule has 0 atom stereocenters. The molecule has 0 fully saturated rings. The van der Waals surface area contributed by atoms with Gasteiger partial charge in [-0.05, 0) is 26.0 Å². The number of aryl methyl sites for hydroxylation is 2. The molecule has 0 saturated heterocycles. The predicted octanol–water partition coefficient (Wildman–Crippen LogP) is 3.06. The summed E-state index contributed by atoms with van der Waals surface area (Å²) < 4.78 is 1.36. The highest BCUT2D eigenvalue weighted by Crippen LogP contribution is 2.22. The van der Waals surface area contributed by atoms with Crippen LogP contribution in [0.4, 0.5) is 0 Å². The van der Waals surface area contributed by atoms with E-state index in [9.17, 15) is 4.79 Å². The Morgan fingerprint density at radius 1 is 1.30 bits per heavy atom. The van der Waals surface area contributed by atoms with Gasteiger partial charge in [-0.1, -0.05) is 29.0 Å². The van der Waals surface area contributed by atoms with Crippen LogP contribution in [0.25, 0.3) is 4.96 Å². The summed E-state index contributed by atoms with van der Waals surface area (Å²) in [5, 5.41) is 4.98. The molecule has 2 heterocycles. The van der Waals surface area contributed by atoms with E-state index in [1.807, 2.05) is 13.0 Å². The van der Waals surface area contributed by atoms with Crippen molar-refractivity contribution in [2.45, 2.75) is 24.5 Å². The fraction of sp³-hybridized carbons (Fsp3) is 0.214. The van der Waals surface area contributed by atoms with Gasteiger partial charge in [0.15, 0.2) is 0 Å². The van der Waals surface area contributed by atoms with Crippen molar-refractivity contribution in [3.63, 3.8) is 0 Å². The van der Waals surface area contributed by atoms with Crippen LogP contribution >= 0.6 is 23.1 Å². The average Bonchev–Trinajstić information content (AvgIpc) is 2.78. The summed E-state index contributed by atoms with van der Waals surface area (Å²) in [6, 6.07) is 9.87. The second-order valence-electron chi connectivity index (χ2n) is 4.51. The molecule has 3 aromatic rings. The number of hydrogen-bond acceptors (Lipinski definition) is 5. The Morgan fingerprint density at radius 2 is 2.15 bits per heavy atom. The van der Waals surface area contributed by atoms with E-state index in [0.717, 1.165) is 10.7 Å². The topological polar surface area (TPSA) is 47.3 Å². The van der Waals surface area contributed by atoms with E-state index in [0.29, 0.717) is 10.7 Å². The van der Waals surface area contributed by atoms with Gasteiger partial charge in [0.2, 0.25) is 4.96 Å². The van der Waals surface area contributed by atoms with Gasteiger partial charge in [-0.15, -0.1) is 11.8 Å². The van der Waals surface area contributed by atoms with Gasteiger partial charge in [0.05, 0.1) is 5.69 Å². The van der Waals surface area contributed by atoms with E-state index in [1.54, 1.807) is 17.8 Å². The van der Waals surface area contributed by atoms with Crippen molar-refractivity contribution < 1.29 is 0 Å². The van der Waals surface area contributed by atoms with Crippen molar-refractivity contribution in [2.24, 2.45) is 0 Å². The lowest BCUT2D eigenvalue weighted by Crippen LogP contribution is -2.15. The smallest absolute Gasteiger partial charge is 0.267 e. The zero-order chi connectivity index (χ0) is 14.1. The lowest BCUT2D eigenvalue weighted by Gasteiger charge is -2.02. The van der Waals surface area contributed by atoms with Crippen LogP contribution in [0, 0.1) is 13.8 Å². The molecule has 0 unspecified atom stereocenters. The molecule has 1 aromatic carbocycles. The molecule has 0 bridgehead atoms. The second-order valence-corrected chi connectivity index (χ2v) is 6.72. The van der Waals surface area contributed by atoms with E-state index < -0.39 is 0 Å². The van der Waals surface area contributed by atoms with Crippen LogP contribution in [0.3, 0.4) is 0 Å². The minimum Gasteiger partial charge on any atom is -0.267 e. The van der Waals surface area contributed by atoms with E-state index in [4.69, 9.17) is 0 Å². The maximum absolute atomic E-state index is 11.9. The molecule has 0 radical (unpaired) electrons. The highest BCUT2D eigenvalue weighted by atomic mass is 32.2. The Labute approximate surface area is 124 Å². The maximum Gasteiger partial charge on any atom is 0.275 e. The first-order valence-corrected chi connectivity index (χ1v) is 7.98. The average molecular weight is 303 g/mol. The molecule has 102 valence electrons. The Kier molecular flexibility index (Phi) is 3.58. The summed E-state index contributed by atoms with van der Waals surface area (Å²) >= 11 is 3.12. The summed E-state index contributed by atoms with van der Waals surface area (Å²) in [5.41, 5.74) is 1.92. The number of hydrogen-bond donors (Lipinski definition) is 0. The Bertz CT molecular complexity index is 823. The van der Waals surface area contributed by atoms with Crippen LogP contribution < -0.4 is 5.56 Å². The summed E-state index contributed by atoms with van der Waals surface area (Å²) in [6.07, 6.45) is 0. The minimum atomic E-state index is -0.112. The maximum atomic E-state index is 11.9. The number of nitrogens with zero attached hydrogens (tertiary/aromatic N) is 3. The van der Waals surface area contributed by atoms with Gasteiger partial charge in [-0.2, -0.15) is 9.61 Å². The first-order chi connectivity index (χ1) is 9.61. The lowest BCUT2D eigenvalue weighted by atomic mass is 10.2. The van der Waals surface area contributed by atoms with E-state index in [2.05, 4.69) is 35.2 Å². The highest BCUT2D eigenvalue weighted by Gasteiger charge is 2.07. The molecule has 20 heavy (non-hydrogen) atoms. The third-order valence-electron chi connectivity index (χ3n) is 2.78. The SMILES string of the molecule is Cc1cccc(SCc2cc(=O)n3nc(C)sc3n2)c1. The molecule has 0 N–H and O–H groups in total. The highest BCUT2D eigenvalue weighted by molar-refractivity contribution is 7.98. The Hall–Kier alpha value is -1.66. The monoisotopic (exact) mass is 303 g/mol. The zero-order valence-electron chi connectivity index (χ0n) is 11.2. The number of benzene rings is 1. The molecule has 0 spiro atoms. The van der Waals surface area contributed by atoms with Crippen molar-refractivity contribution in [3.05, 3.63) is 57.0 Å². The first-order valence-electron chi connectivity index (χ1n) is 6.18. The fourth-order valence-electron chi connectivity index (χ4n) is 1.89. The van der Waals surface area contributed by atoms with Gasteiger partial charge in [0.25, 0.3) is 5.56 Å². The normalized spacial score (nSPS) is 11.1. The number of fused-ring (bicyclic) bond motifs is 1. The molecule has 0 saturated carbocycles. The first kappa shape index (κ1) is 13.3. The molecular formula is C14H13N3OS2. The zero-order valence-corrected chi connectivity index (χ0v) is 12.8. The van der Waals surface area contributed by atoms with Crippen molar-refractivity contribution >= 4 is 28.1 Å². The summed E-state index contributed by atoms with van der Waals surface area (Å²) in [4.78, 5) is 18.3. The molecule has 0 aliphatic rings. The van der Waals surface area contributed by atoms with Gasteiger partial charge in [0, 0.05) is 16.7 Å². The number of thioether (sulfide) groups is 1. The van der Waals surface area contributed by atoms with Gasteiger partial charge >= 0.3 is 0 Å². The Morgan fingerprint density at radius 3 is 2.95 bits per heavy atom. The quantitative estimate of drug-likeness (QED) is 0.698. The van der Waals surface area contributed by atoms with Gasteiger partial charge in [-0.3, -0.25) is 4.79 Å². The van der Waals surface area contributed by atoms with E-state index >= 15 is 0 Å². The van der Waals surface area contributed by atoms with E-state index in [1.165, 1.54) is 26.3 Å². The van der Waals surface area contributed by atoms with Crippen molar-refractivity contribution in [1.82, 2.24) is 14.6 Å². The van der Waals surface area contributed by atoms with Crippen LogP contribution in [-0.2, 0) is 5.75 Å². The summed E-state index contributed by atoms with van der Waals surface area (Å²) in [7, 11) is 0. The molecule has 0 amide bonds. The molecule has 0 aliphatic heterocycles. The van der Waals surface area contributed by atoms with Gasteiger partial charge in [-0.25, -0.2) is 4.98 Å². The van der Waals surface area contributed by atoms with E-state index in [-0.39, 0.29) is 5.56 Å². The lowest BCUT2D eigenvalue weighted by molar-refractivity contribution is 0.872. The molecule has 6 heteroatoms. The number of rotatable bonds is 3. The third-order valence-corrected chi connectivity index (χ3v) is 4.63.